The normalized spacial score (nSPS) is 13.5. The van der Waals surface area contributed by atoms with Gasteiger partial charge in [0.1, 0.15) is 17.7 Å². The molecule has 4 rings (SSSR count). The van der Waals surface area contributed by atoms with Crippen LogP contribution in [0, 0.1) is 19.7 Å². The van der Waals surface area contributed by atoms with Crippen LogP contribution in [0.1, 0.15) is 43.6 Å². The molecule has 2 atom stereocenters. The number of alkyl halides is 1. The molecule has 0 bridgehead atoms. The van der Waals surface area contributed by atoms with E-state index >= 15 is 0 Å². The number of halogens is 2. The van der Waals surface area contributed by atoms with E-state index in [1.54, 1.807) is 29.9 Å². The molecule has 0 radical (unpaired) electrons. The lowest BCUT2D eigenvalue weighted by Crippen LogP contribution is -2.46. The first-order chi connectivity index (χ1) is 16.5. The Kier molecular flexibility index (Phi) is 6.61. The number of rotatable bonds is 7. The minimum Gasteiger partial charge on any atom is -0.484 e. The number of amides is 1. The number of aryl methyl sites for hydroxylation is 2. The Morgan fingerprint density at radius 1 is 1.06 bits per heavy atom. The van der Waals surface area contributed by atoms with Crippen molar-refractivity contribution < 1.29 is 18.3 Å². The first-order valence-corrected chi connectivity index (χ1v) is 11.5. The lowest BCUT2D eigenvalue weighted by Gasteiger charge is -2.29. The third kappa shape index (κ3) is 5.34. The van der Waals surface area contributed by atoms with Crippen molar-refractivity contribution in [3.8, 4) is 11.4 Å². The predicted octanol–water partition coefficient (Wildman–Crippen LogP) is 6.15. The molecule has 5 nitrogen and oxygen atoms in total. The van der Waals surface area contributed by atoms with Gasteiger partial charge in [-0.05, 0) is 88.2 Å². The molecule has 0 fully saturated rings. The second-order valence-corrected chi connectivity index (χ2v) is 9.39. The van der Waals surface area contributed by atoms with E-state index in [0.717, 1.165) is 33.3 Å². The van der Waals surface area contributed by atoms with Crippen molar-refractivity contribution in [2.45, 2.75) is 52.4 Å². The van der Waals surface area contributed by atoms with Crippen molar-refractivity contribution in [2.24, 2.45) is 0 Å². The molecule has 0 aliphatic rings. The van der Waals surface area contributed by atoms with Gasteiger partial charge in [-0.25, -0.2) is 13.5 Å². The van der Waals surface area contributed by atoms with Gasteiger partial charge in [-0.2, -0.15) is 5.10 Å². The number of hydrogen-bond donors (Lipinski definition) is 1. The zero-order valence-electron chi connectivity index (χ0n) is 20.5. The van der Waals surface area contributed by atoms with E-state index in [2.05, 4.69) is 10.4 Å². The molecule has 1 aromatic heterocycles. The van der Waals surface area contributed by atoms with E-state index < -0.39 is 23.7 Å². The average Bonchev–Trinajstić information content (AvgIpc) is 3.22. The smallest absolute Gasteiger partial charge is 0.257 e. The van der Waals surface area contributed by atoms with E-state index in [9.17, 15) is 13.6 Å². The van der Waals surface area contributed by atoms with Crippen LogP contribution in [-0.4, -0.2) is 27.4 Å². The molecule has 1 N–H and O–H groups in total. The van der Waals surface area contributed by atoms with Crippen molar-refractivity contribution >= 4 is 16.8 Å². The van der Waals surface area contributed by atoms with Crippen molar-refractivity contribution in [1.29, 1.82) is 0 Å². The number of fused-ring (bicyclic) bond motifs is 1. The number of carbonyl (C=O) groups excluding carboxylic acids is 1. The Labute approximate surface area is 203 Å². The highest BCUT2D eigenvalue weighted by Crippen LogP contribution is 2.31. The largest absolute Gasteiger partial charge is 0.484 e. The maximum atomic E-state index is 14.2. The van der Waals surface area contributed by atoms with Crippen LogP contribution >= 0.6 is 0 Å². The Balaban J connectivity index is 1.68. The van der Waals surface area contributed by atoms with E-state index in [-0.39, 0.29) is 5.82 Å². The van der Waals surface area contributed by atoms with Crippen molar-refractivity contribution in [3.05, 3.63) is 89.4 Å². The molecule has 0 spiro atoms. The number of nitrogens with zero attached hydrogens (tertiary/aromatic N) is 2. The van der Waals surface area contributed by atoms with E-state index in [4.69, 9.17) is 4.74 Å². The summed E-state index contributed by atoms with van der Waals surface area (Å²) in [6.45, 7) is 8.24. The van der Waals surface area contributed by atoms with Crippen LogP contribution in [0.15, 0.2) is 66.9 Å². The molecule has 3 aromatic carbocycles. The standard InChI is InChI=1S/C28H29F2N3O2/c1-17-6-7-18(2)24(14-17)26(19(3)32-27(34)28(4,5)30)35-23-12-13-25-20(15-23)16-31-33(25)22-10-8-21(29)9-11-22/h6-16,19,26H,1-5H3,(H,32,34). The van der Waals surface area contributed by atoms with Crippen LogP contribution in [0.4, 0.5) is 8.78 Å². The molecule has 0 aliphatic heterocycles. The zero-order chi connectivity index (χ0) is 25.3. The van der Waals surface area contributed by atoms with Gasteiger partial charge < -0.3 is 10.1 Å². The number of benzene rings is 3. The summed E-state index contributed by atoms with van der Waals surface area (Å²) in [6, 6.07) is 17.2. The van der Waals surface area contributed by atoms with Crippen LogP contribution in [0.25, 0.3) is 16.6 Å². The molecule has 182 valence electrons. The minimum absolute atomic E-state index is 0.309. The van der Waals surface area contributed by atoms with Gasteiger partial charge in [-0.1, -0.05) is 23.8 Å². The van der Waals surface area contributed by atoms with Gasteiger partial charge in [-0.15, -0.1) is 0 Å². The Morgan fingerprint density at radius 2 is 1.77 bits per heavy atom. The molecule has 1 heterocycles. The summed E-state index contributed by atoms with van der Waals surface area (Å²) in [6.07, 6.45) is 1.17. The van der Waals surface area contributed by atoms with E-state index in [0.29, 0.717) is 5.75 Å². The van der Waals surface area contributed by atoms with Crippen LogP contribution in [0.3, 0.4) is 0 Å². The zero-order valence-corrected chi connectivity index (χ0v) is 20.5. The fraction of sp³-hybridized carbons (Fsp3) is 0.286. The van der Waals surface area contributed by atoms with Crippen LogP contribution in [0.5, 0.6) is 5.75 Å². The first-order valence-electron chi connectivity index (χ1n) is 11.5. The Bertz CT molecular complexity index is 1360. The highest BCUT2D eigenvalue weighted by molar-refractivity contribution is 5.84. The van der Waals surface area contributed by atoms with Gasteiger partial charge in [0.05, 0.1) is 23.4 Å². The van der Waals surface area contributed by atoms with Gasteiger partial charge >= 0.3 is 0 Å². The summed E-state index contributed by atoms with van der Waals surface area (Å²) in [5.41, 5.74) is 2.55. The summed E-state index contributed by atoms with van der Waals surface area (Å²) < 4.78 is 35.7. The Morgan fingerprint density at radius 3 is 2.46 bits per heavy atom. The summed E-state index contributed by atoms with van der Waals surface area (Å²) in [5.74, 6) is -0.418. The lowest BCUT2D eigenvalue weighted by molar-refractivity contribution is -0.132. The van der Waals surface area contributed by atoms with Crippen LogP contribution in [0.2, 0.25) is 0 Å². The lowest BCUT2D eigenvalue weighted by atomic mass is 9.96. The molecule has 4 aromatic rings. The summed E-state index contributed by atoms with van der Waals surface area (Å²) >= 11 is 0. The quantitative estimate of drug-likeness (QED) is 0.347. The molecule has 7 heteroatoms. The van der Waals surface area contributed by atoms with Crippen molar-refractivity contribution in [2.75, 3.05) is 0 Å². The monoisotopic (exact) mass is 477 g/mol. The minimum atomic E-state index is -2.01. The van der Waals surface area contributed by atoms with Crippen molar-refractivity contribution in [1.82, 2.24) is 15.1 Å². The number of carbonyl (C=O) groups is 1. The number of ether oxygens (including phenoxy) is 1. The number of hydrogen-bond acceptors (Lipinski definition) is 3. The molecular weight excluding hydrogens is 448 g/mol. The second-order valence-electron chi connectivity index (χ2n) is 9.39. The fourth-order valence-corrected chi connectivity index (χ4v) is 3.97. The third-order valence-electron chi connectivity index (χ3n) is 5.97. The average molecular weight is 478 g/mol. The predicted molar refractivity (Wildman–Crippen MR) is 133 cm³/mol. The topological polar surface area (TPSA) is 56.1 Å². The molecule has 0 aliphatic carbocycles. The third-order valence-corrected chi connectivity index (χ3v) is 5.97. The summed E-state index contributed by atoms with van der Waals surface area (Å²) in [4.78, 5) is 12.4. The van der Waals surface area contributed by atoms with Crippen LogP contribution in [-0.2, 0) is 4.79 Å². The molecule has 2 unspecified atom stereocenters. The van der Waals surface area contributed by atoms with Gasteiger partial charge in [0.2, 0.25) is 0 Å². The number of nitrogens with one attached hydrogen (secondary N) is 1. The SMILES string of the molecule is Cc1ccc(C)c(C(Oc2ccc3c(cnn3-c3ccc(F)cc3)c2)C(C)NC(=O)C(C)(C)F)c1. The first kappa shape index (κ1) is 24.4. The molecule has 35 heavy (non-hydrogen) atoms. The molecular formula is C28H29F2N3O2. The van der Waals surface area contributed by atoms with Crippen molar-refractivity contribution in [3.63, 3.8) is 0 Å². The van der Waals surface area contributed by atoms with Gasteiger partial charge in [0.25, 0.3) is 5.91 Å². The maximum absolute atomic E-state index is 14.2. The molecule has 1 amide bonds. The molecule has 0 saturated heterocycles. The highest BCUT2D eigenvalue weighted by Gasteiger charge is 2.32. The van der Waals surface area contributed by atoms with Gasteiger partial charge in [-0.3, -0.25) is 4.79 Å². The van der Waals surface area contributed by atoms with E-state index in [1.807, 2.05) is 50.2 Å². The number of aromatic nitrogens is 2. The molecule has 0 saturated carbocycles. The maximum Gasteiger partial charge on any atom is 0.257 e. The van der Waals surface area contributed by atoms with Crippen LogP contribution < -0.4 is 10.1 Å². The van der Waals surface area contributed by atoms with Gasteiger partial charge in [0, 0.05) is 5.39 Å². The summed E-state index contributed by atoms with van der Waals surface area (Å²) in [7, 11) is 0. The van der Waals surface area contributed by atoms with Gasteiger partial charge in [0.15, 0.2) is 5.67 Å². The Hall–Kier alpha value is -3.74. The highest BCUT2D eigenvalue weighted by atomic mass is 19.1. The second kappa shape index (κ2) is 9.49. The summed E-state index contributed by atoms with van der Waals surface area (Å²) in [5, 5.41) is 8.05. The van der Waals surface area contributed by atoms with E-state index in [1.165, 1.54) is 26.0 Å². The fourth-order valence-electron chi connectivity index (χ4n) is 3.97.